The van der Waals surface area contributed by atoms with E-state index < -0.39 is 0 Å². The molecule has 0 aliphatic carbocycles. The Morgan fingerprint density at radius 3 is 2.89 bits per heavy atom. The summed E-state index contributed by atoms with van der Waals surface area (Å²) < 4.78 is 15.7. The van der Waals surface area contributed by atoms with E-state index in [2.05, 4.69) is 16.2 Å². The quantitative estimate of drug-likeness (QED) is 0.413. The molecule has 0 spiro atoms. The largest absolute Gasteiger partial charge is 0.497 e. The van der Waals surface area contributed by atoms with Gasteiger partial charge in [0.25, 0.3) is 5.91 Å². The van der Waals surface area contributed by atoms with Crippen LogP contribution < -0.4 is 30.4 Å². The van der Waals surface area contributed by atoms with Crippen molar-refractivity contribution >= 4 is 29.3 Å². The third-order valence-corrected chi connectivity index (χ3v) is 3.96. The second-order valence-electron chi connectivity index (χ2n) is 5.59. The summed E-state index contributed by atoms with van der Waals surface area (Å²) in [4.78, 5) is 11.9. The summed E-state index contributed by atoms with van der Waals surface area (Å²) in [5.41, 5.74) is 6.99. The lowest BCUT2D eigenvalue weighted by molar-refractivity contribution is -0.116. The van der Waals surface area contributed by atoms with Gasteiger partial charge in [0.2, 0.25) is 6.79 Å². The summed E-state index contributed by atoms with van der Waals surface area (Å²) in [5, 5.41) is 3.30. The number of hydrogen-bond acceptors (Lipinski definition) is 5. The fraction of sp³-hybridized carbons (Fsp3) is 0.158. The van der Waals surface area contributed by atoms with Crippen molar-refractivity contribution in [2.24, 2.45) is 0 Å². The van der Waals surface area contributed by atoms with Crippen LogP contribution in [0.2, 0.25) is 0 Å². The highest BCUT2D eigenvalue weighted by Crippen LogP contribution is 2.32. The fourth-order valence-electron chi connectivity index (χ4n) is 2.35. The first-order valence-corrected chi connectivity index (χ1v) is 8.59. The van der Waals surface area contributed by atoms with Crippen molar-refractivity contribution in [3.05, 3.63) is 59.7 Å². The average Bonchev–Trinajstić information content (AvgIpc) is 3.17. The minimum atomic E-state index is -0.329. The Labute approximate surface area is 162 Å². The topological polar surface area (TPSA) is 80.9 Å². The number of amides is 1. The smallest absolute Gasteiger partial charge is 0.262 e. The van der Waals surface area contributed by atoms with Crippen molar-refractivity contribution in [3.63, 3.8) is 0 Å². The standard InChI is InChI=1S/C19H19N3O4S/c1-24-15-4-2-3-13(9-15)6-8-18(23)21-22-19(27)20-11-14-5-7-16-17(10-14)26-12-25-16/h2-10H,11-12H2,1H3,(H,21,23)(H2,20,22,27)/b8-6+. The van der Waals surface area contributed by atoms with Crippen molar-refractivity contribution in [3.8, 4) is 17.2 Å². The van der Waals surface area contributed by atoms with Gasteiger partial charge in [0.1, 0.15) is 5.75 Å². The minimum Gasteiger partial charge on any atom is -0.497 e. The van der Waals surface area contributed by atoms with Gasteiger partial charge in [0, 0.05) is 12.6 Å². The highest BCUT2D eigenvalue weighted by atomic mass is 32.1. The first kappa shape index (κ1) is 18.5. The van der Waals surface area contributed by atoms with Gasteiger partial charge in [0.15, 0.2) is 16.6 Å². The van der Waals surface area contributed by atoms with Crippen LogP contribution in [-0.2, 0) is 11.3 Å². The molecule has 8 heteroatoms. The summed E-state index contributed by atoms with van der Waals surface area (Å²) in [6.07, 6.45) is 3.09. The predicted octanol–water partition coefficient (Wildman–Crippen LogP) is 2.13. The Balaban J connectivity index is 1.41. The molecule has 7 nitrogen and oxygen atoms in total. The first-order chi connectivity index (χ1) is 13.1. The SMILES string of the molecule is COc1cccc(/C=C/C(=O)NNC(=S)NCc2ccc3c(c2)OCO3)c1. The molecular weight excluding hydrogens is 366 g/mol. The number of nitrogens with one attached hydrogen (secondary N) is 3. The van der Waals surface area contributed by atoms with Crippen molar-refractivity contribution in [1.82, 2.24) is 16.2 Å². The molecule has 0 fully saturated rings. The molecule has 0 atom stereocenters. The van der Waals surface area contributed by atoms with Gasteiger partial charge in [-0.1, -0.05) is 18.2 Å². The average molecular weight is 385 g/mol. The molecule has 27 heavy (non-hydrogen) atoms. The zero-order valence-corrected chi connectivity index (χ0v) is 15.5. The van der Waals surface area contributed by atoms with Crippen LogP contribution in [0.25, 0.3) is 6.08 Å². The van der Waals surface area contributed by atoms with Gasteiger partial charge in [-0.25, -0.2) is 0 Å². The molecule has 2 aromatic rings. The number of benzene rings is 2. The molecule has 0 bridgehead atoms. The third-order valence-electron chi connectivity index (χ3n) is 3.71. The molecule has 2 aromatic carbocycles. The summed E-state index contributed by atoms with van der Waals surface area (Å²) in [6, 6.07) is 13.0. The van der Waals surface area contributed by atoms with E-state index in [1.54, 1.807) is 13.2 Å². The zero-order chi connectivity index (χ0) is 19.1. The molecule has 3 rings (SSSR count). The number of carbonyl (C=O) groups is 1. The van der Waals surface area contributed by atoms with E-state index >= 15 is 0 Å². The lowest BCUT2D eigenvalue weighted by Gasteiger charge is -2.11. The highest BCUT2D eigenvalue weighted by molar-refractivity contribution is 7.80. The lowest BCUT2D eigenvalue weighted by atomic mass is 10.2. The third kappa shape index (κ3) is 5.35. The van der Waals surface area contributed by atoms with Crippen LogP contribution in [0.4, 0.5) is 0 Å². The van der Waals surface area contributed by atoms with E-state index in [0.29, 0.717) is 17.4 Å². The molecule has 1 aliphatic rings. The maximum atomic E-state index is 11.9. The molecule has 3 N–H and O–H groups in total. The molecular formula is C19H19N3O4S. The van der Waals surface area contributed by atoms with E-state index in [1.807, 2.05) is 42.5 Å². The number of methoxy groups -OCH3 is 1. The van der Waals surface area contributed by atoms with Crippen LogP contribution in [0, 0.1) is 0 Å². The van der Waals surface area contributed by atoms with Crippen LogP contribution in [0.5, 0.6) is 17.2 Å². The Bertz CT molecular complexity index is 870. The number of fused-ring (bicyclic) bond motifs is 1. The molecule has 0 saturated carbocycles. The second-order valence-corrected chi connectivity index (χ2v) is 6.00. The summed E-state index contributed by atoms with van der Waals surface area (Å²) >= 11 is 5.15. The van der Waals surface area contributed by atoms with E-state index in [-0.39, 0.29) is 12.7 Å². The Hall–Kier alpha value is -3.26. The summed E-state index contributed by atoms with van der Waals surface area (Å²) in [5.74, 6) is 1.84. The predicted molar refractivity (Wildman–Crippen MR) is 105 cm³/mol. The monoisotopic (exact) mass is 385 g/mol. The maximum Gasteiger partial charge on any atom is 0.262 e. The maximum absolute atomic E-state index is 11.9. The van der Waals surface area contributed by atoms with Gasteiger partial charge in [-0.15, -0.1) is 0 Å². The highest BCUT2D eigenvalue weighted by Gasteiger charge is 2.13. The van der Waals surface area contributed by atoms with Gasteiger partial charge in [-0.2, -0.15) is 0 Å². The van der Waals surface area contributed by atoms with E-state index in [0.717, 1.165) is 22.6 Å². The first-order valence-electron chi connectivity index (χ1n) is 8.18. The van der Waals surface area contributed by atoms with Crippen LogP contribution in [-0.4, -0.2) is 24.9 Å². The summed E-state index contributed by atoms with van der Waals surface area (Å²) in [6.45, 7) is 0.722. The van der Waals surface area contributed by atoms with E-state index in [4.69, 9.17) is 26.4 Å². The molecule has 0 unspecified atom stereocenters. The molecule has 1 heterocycles. The Morgan fingerprint density at radius 2 is 2.04 bits per heavy atom. The van der Waals surface area contributed by atoms with Crippen molar-refractivity contribution in [2.75, 3.05) is 13.9 Å². The number of thiocarbonyl (C=S) groups is 1. The number of carbonyl (C=O) groups excluding carboxylic acids is 1. The Morgan fingerprint density at radius 1 is 1.19 bits per heavy atom. The van der Waals surface area contributed by atoms with Crippen LogP contribution in [0.15, 0.2) is 48.5 Å². The molecule has 0 radical (unpaired) electrons. The van der Waals surface area contributed by atoms with Crippen LogP contribution >= 0.6 is 12.2 Å². The second kappa shape index (κ2) is 8.91. The normalized spacial score (nSPS) is 11.9. The van der Waals surface area contributed by atoms with Gasteiger partial charge in [0.05, 0.1) is 7.11 Å². The van der Waals surface area contributed by atoms with Gasteiger partial charge in [-0.3, -0.25) is 15.6 Å². The molecule has 0 saturated heterocycles. The van der Waals surface area contributed by atoms with Crippen molar-refractivity contribution in [2.45, 2.75) is 6.54 Å². The molecule has 0 aromatic heterocycles. The molecule has 1 amide bonds. The number of hydrazine groups is 1. The zero-order valence-electron chi connectivity index (χ0n) is 14.7. The number of hydrogen-bond donors (Lipinski definition) is 3. The number of rotatable bonds is 5. The lowest BCUT2D eigenvalue weighted by Crippen LogP contribution is -2.45. The van der Waals surface area contributed by atoms with Crippen LogP contribution in [0.3, 0.4) is 0 Å². The Kier molecular flexibility index (Phi) is 6.11. The van der Waals surface area contributed by atoms with Crippen molar-refractivity contribution < 1.29 is 19.0 Å². The van der Waals surface area contributed by atoms with Gasteiger partial charge in [-0.05, 0) is 53.7 Å². The molecule has 1 aliphatic heterocycles. The molecule has 140 valence electrons. The van der Waals surface area contributed by atoms with Gasteiger partial charge >= 0.3 is 0 Å². The minimum absolute atomic E-state index is 0.238. The fourth-order valence-corrected chi connectivity index (χ4v) is 2.48. The van der Waals surface area contributed by atoms with Crippen molar-refractivity contribution in [1.29, 1.82) is 0 Å². The van der Waals surface area contributed by atoms with E-state index in [9.17, 15) is 4.79 Å². The van der Waals surface area contributed by atoms with Crippen LogP contribution in [0.1, 0.15) is 11.1 Å². The summed E-state index contributed by atoms with van der Waals surface area (Å²) in [7, 11) is 1.59. The number of ether oxygens (including phenoxy) is 3. The van der Waals surface area contributed by atoms with Gasteiger partial charge < -0.3 is 19.5 Å². The van der Waals surface area contributed by atoms with E-state index in [1.165, 1.54) is 6.08 Å².